The minimum absolute atomic E-state index is 0.143. The maximum atomic E-state index is 14.6. The SMILES string of the molecule is Fc1ccccc1-n1nnc(-c2nc(-c3cccc(Cn4cncn4)c3)no2)c1-c1ccccn1. The van der Waals surface area contributed by atoms with Gasteiger partial charge in [0.05, 0.1) is 12.2 Å². The van der Waals surface area contributed by atoms with Crippen molar-refractivity contribution in [1.29, 1.82) is 0 Å². The number of rotatable bonds is 6. The summed E-state index contributed by atoms with van der Waals surface area (Å²) in [5, 5.41) is 16.7. The van der Waals surface area contributed by atoms with E-state index in [9.17, 15) is 4.39 Å². The molecule has 4 aromatic heterocycles. The molecular weight excluding hydrogens is 449 g/mol. The number of hydrogen-bond acceptors (Lipinski definition) is 8. The maximum absolute atomic E-state index is 14.6. The van der Waals surface area contributed by atoms with Crippen LogP contribution < -0.4 is 0 Å². The summed E-state index contributed by atoms with van der Waals surface area (Å²) in [6.07, 6.45) is 4.78. The van der Waals surface area contributed by atoms with Crippen LogP contribution in [0.1, 0.15) is 5.56 Å². The number of nitrogens with zero attached hydrogens (tertiary/aromatic N) is 9. The molecule has 35 heavy (non-hydrogen) atoms. The van der Waals surface area contributed by atoms with Gasteiger partial charge in [-0.3, -0.25) is 4.98 Å². The van der Waals surface area contributed by atoms with Crippen molar-refractivity contribution in [3.05, 3.63) is 97.0 Å². The van der Waals surface area contributed by atoms with E-state index in [2.05, 4.69) is 35.5 Å². The molecule has 170 valence electrons. The van der Waals surface area contributed by atoms with Gasteiger partial charge in [-0.15, -0.1) is 5.10 Å². The topological polar surface area (TPSA) is 113 Å². The molecule has 0 saturated heterocycles. The average molecular weight is 465 g/mol. The molecule has 0 N–H and O–H groups in total. The third-order valence-corrected chi connectivity index (χ3v) is 5.28. The highest BCUT2D eigenvalue weighted by Gasteiger charge is 2.25. The van der Waals surface area contributed by atoms with Crippen LogP contribution in [-0.2, 0) is 6.54 Å². The van der Waals surface area contributed by atoms with E-state index in [1.165, 1.54) is 17.1 Å². The molecule has 11 heteroatoms. The molecule has 0 atom stereocenters. The number of hydrogen-bond donors (Lipinski definition) is 0. The highest BCUT2D eigenvalue weighted by Crippen LogP contribution is 2.32. The van der Waals surface area contributed by atoms with E-state index in [0.29, 0.717) is 29.5 Å². The molecule has 0 aliphatic rings. The Hall–Kier alpha value is -5.06. The van der Waals surface area contributed by atoms with Crippen LogP contribution >= 0.6 is 0 Å². The molecule has 0 aliphatic carbocycles. The predicted octanol–water partition coefficient (Wildman–Crippen LogP) is 3.83. The first-order valence-electron chi connectivity index (χ1n) is 10.6. The number of benzene rings is 2. The Labute approximate surface area is 197 Å². The summed E-state index contributed by atoms with van der Waals surface area (Å²) in [4.78, 5) is 12.9. The lowest BCUT2D eigenvalue weighted by Gasteiger charge is -2.07. The standard InChI is InChI=1S/C24H16FN9O/c25-18-8-1-2-10-20(18)34-22(19-9-3-4-11-27-19)21(30-32-34)24-29-23(31-35-24)17-7-5-6-16(12-17)13-33-15-26-14-28-33/h1-12,14-15H,13H2. The van der Waals surface area contributed by atoms with E-state index in [4.69, 9.17) is 4.52 Å². The molecule has 0 radical (unpaired) electrons. The highest BCUT2D eigenvalue weighted by molar-refractivity contribution is 5.74. The first kappa shape index (κ1) is 20.5. The molecule has 0 spiro atoms. The Kier molecular flexibility index (Phi) is 5.11. The fraction of sp³-hybridized carbons (Fsp3) is 0.0417. The van der Waals surface area contributed by atoms with Gasteiger partial charge in [-0.2, -0.15) is 10.1 Å². The van der Waals surface area contributed by atoms with Crippen molar-refractivity contribution in [3.8, 4) is 40.0 Å². The molecule has 6 rings (SSSR count). The van der Waals surface area contributed by atoms with Gasteiger partial charge in [0.15, 0.2) is 5.69 Å². The molecule has 4 heterocycles. The minimum atomic E-state index is -0.448. The van der Waals surface area contributed by atoms with Crippen molar-refractivity contribution in [2.24, 2.45) is 0 Å². The second kappa shape index (κ2) is 8.71. The van der Waals surface area contributed by atoms with Crippen LogP contribution in [0.4, 0.5) is 4.39 Å². The van der Waals surface area contributed by atoms with Gasteiger partial charge in [0, 0.05) is 11.8 Å². The molecule has 0 amide bonds. The van der Waals surface area contributed by atoms with Crippen LogP contribution in [0.15, 0.2) is 90.1 Å². The van der Waals surface area contributed by atoms with E-state index in [-0.39, 0.29) is 11.6 Å². The molecule has 0 bridgehead atoms. The zero-order chi connectivity index (χ0) is 23.6. The van der Waals surface area contributed by atoms with Gasteiger partial charge >= 0.3 is 0 Å². The molecule has 0 aliphatic heterocycles. The number of pyridine rings is 1. The van der Waals surface area contributed by atoms with Crippen molar-refractivity contribution >= 4 is 0 Å². The zero-order valence-electron chi connectivity index (χ0n) is 18.1. The first-order valence-corrected chi connectivity index (χ1v) is 10.6. The molecule has 0 unspecified atom stereocenters. The van der Waals surface area contributed by atoms with E-state index in [0.717, 1.165) is 11.1 Å². The van der Waals surface area contributed by atoms with Crippen molar-refractivity contribution in [2.75, 3.05) is 0 Å². The molecule has 0 fully saturated rings. The molecule has 10 nitrogen and oxygen atoms in total. The van der Waals surface area contributed by atoms with Crippen molar-refractivity contribution in [1.82, 2.24) is 44.9 Å². The summed E-state index contributed by atoms with van der Waals surface area (Å²) in [5.74, 6) is 0.0781. The van der Waals surface area contributed by atoms with E-state index in [1.807, 2.05) is 30.3 Å². The van der Waals surface area contributed by atoms with Crippen LogP contribution in [0.5, 0.6) is 0 Å². The van der Waals surface area contributed by atoms with Crippen LogP contribution in [-0.4, -0.2) is 44.9 Å². The Morgan fingerprint density at radius 3 is 2.71 bits per heavy atom. The lowest BCUT2D eigenvalue weighted by atomic mass is 10.1. The van der Waals surface area contributed by atoms with Gasteiger partial charge in [0.25, 0.3) is 5.89 Å². The fourth-order valence-electron chi connectivity index (χ4n) is 3.70. The van der Waals surface area contributed by atoms with E-state index in [1.54, 1.807) is 47.5 Å². The van der Waals surface area contributed by atoms with Crippen LogP contribution in [0, 0.1) is 5.82 Å². The van der Waals surface area contributed by atoms with Crippen LogP contribution in [0.3, 0.4) is 0 Å². The zero-order valence-corrected chi connectivity index (χ0v) is 18.1. The fourth-order valence-corrected chi connectivity index (χ4v) is 3.70. The minimum Gasteiger partial charge on any atom is -0.332 e. The number of aromatic nitrogens is 9. The highest BCUT2D eigenvalue weighted by atomic mass is 19.1. The summed E-state index contributed by atoms with van der Waals surface area (Å²) < 4.78 is 23.3. The van der Waals surface area contributed by atoms with E-state index >= 15 is 0 Å². The second-order valence-corrected chi connectivity index (χ2v) is 7.58. The summed E-state index contributed by atoms with van der Waals surface area (Å²) in [6, 6.07) is 19.4. The third kappa shape index (κ3) is 3.95. The maximum Gasteiger partial charge on any atom is 0.281 e. The Bertz CT molecular complexity index is 1590. The summed E-state index contributed by atoms with van der Waals surface area (Å²) in [5.41, 5.74) is 3.26. The van der Waals surface area contributed by atoms with E-state index < -0.39 is 5.82 Å². The monoisotopic (exact) mass is 465 g/mol. The molecular formula is C24H16FN9O. The second-order valence-electron chi connectivity index (χ2n) is 7.58. The Morgan fingerprint density at radius 1 is 0.971 bits per heavy atom. The Balaban J connectivity index is 1.41. The van der Waals surface area contributed by atoms with Gasteiger partial charge in [0.2, 0.25) is 5.82 Å². The largest absolute Gasteiger partial charge is 0.332 e. The van der Waals surface area contributed by atoms with Crippen LogP contribution in [0.25, 0.3) is 40.0 Å². The average Bonchev–Trinajstić information content (AvgIpc) is 3.66. The van der Waals surface area contributed by atoms with Crippen molar-refractivity contribution in [3.63, 3.8) is 0 Å². The first-order chi connectivity index (χ1) is 17.3. The number of para-hydroxylation sites is 1. The quantitative estimate of drug-likeness (QED) is 0.365. The predicted molar refractivity (Wildman–Crippen MR) is 122 cm³/mol. The molecule has 6 aromatic rings. The summed E-state index contributed by atoms with van der Waals surface area (Å²) in [7, 11) is 0. The third-order valence-electron chi connectivity index (χ3n) is 5.28. The normalized spacial score (nSPS) is 11.1. The lowest BCUT2D eigenvalue weighted by Crippen LogP contribution is -2.03. The molecule has 0 saturated carbocycles. The van der Waals surface area contributed by atoms with Gasteiger partial charge in [-0.25, -0.2) is 18.7 Å². The Morgan fingerprint density at radius 2 is 1.89 bits per heavy atom. The van der Waals surface area contributed by atoms with Gasteiger partial charge in [0.1, 0.15) is 29.9 Å². The van der Waals surface area contributed by atoms with Crippen molar-refractivity contribution < 1.29 is 8.91 Å². The number of halogens is 1. The summed E-state index contributed by atoms with van der Waals surface area (Å²) in [6.45, 7) is 0.555. The van der Waals surface area contributed by atoms with Crippen LogP contribution in [0.2, 0.25) is 0 Å². The van der Waals surface area contributed by atoms with Gasteiger partial charge in [-0.05, 0) is 35.9 Å². The van der Waals surface area contributed by atoms with Gasteiger partial charge in [-0.1, -0.05) is 46.8 Å². The van der Waals surface area contributed by atoms with Gasteiger partial charge < -0.3 is 4.52 Å². The molecule has 2 aromatic carbocycles. The van der Waals surface area contributed by atoms with Crippen molar-refractivity contribution in [2.45, 2.75) is 6.54 Å². The summed E-state index contributed by atoms with van der Waals surface area (Å²) >= 11 is 0. The smallest absolute Gasteiger partial charge is 0.281 e. The lowest BCUT2D eigenvalue weighted by molar-refractivity contribution is 0.431.